The standard InChI is InChI=1S/C18H21NO2/c1-20-15-10-11-17(21-2)16(12-15)19-18(14-8-9-14)13-6-4-3-5-7-13/h3-7,10-12,14,18-19H,8-9H2,1-2H3. The largest absolute Gasteiger partial charge is 0.497 e. The monoisotopic (exact) mass is 283 g/mol. The number of ether oxygens (including phenoxy) is 2. The van der Waals surface area contributed by atoms with Crippen molar-refractivity contribution in [1.82, 2.24) is 0 Å². The highest BCUT2D eigenvalue weighted by Gasteiger charge is 2.32. The third-order valence-electron chi connectivity index (χ3n) is 3.97. The van der Waals surface area contributed by atoms with Gasteiger partial charge in [-0.25, -0.2) is 0 Å². The molecule has 2 aromatic carbocycles. The van der Waals surface area contributed by atoms with Crippen LogP contribution in [0.1, 0.15) is 24.4 Å². The number of benzene rings is 2. The minimum atomic E-state index is 0.326. The van der Waals surface area contributed by atoms with Gasteiger partial charge in [0.25, 0.3) is 0 Å². The molecule has 1 aliphatic carbocycles. The van der Waals surface area contributed by atoms with Crippen molar-refractivity contribution in [3.8, 4) is 11.5 Å². The molecule has 1 atom stereocenters. The van der Waals surface area contributed by atoms with E-state index in [0.717, 1.165) is 17.2 Å². The van der Waals surface area contributed by atoms with Gasteiger partial charge in [-0.15, -0.1) is 0 Å². The van der Waals surface area contributed by atoms with Gasteiger partial charge in [0.05, 0.1) is 25.9 Å². The van der Waals surface area contributed by atoms with E-state index in [0.29, 0.717) is 12.0 Å². The fraction of sp³-hybridized carbons (Fsp3) is 0.333. The minimum absolute atomic E-state index is 0.326. The minimum Gasteiger partial charge on any atom is -0.497 e. The predicted molar refractivity (Wildman–Crippen MR) is 85.1 cm³/mol. The Labute approximate surface area is 125 Å². The number of methoxy groups -OCH3 is 2. The smallest absolute Gasteiger partial charge is 0.142 e. The summed E-state index contributed by atoms with van der Waals surface area (Å²) in [5.41, 5.74) is 2.31. The summed E-state index contributed by atoms with van der Waals surface area (Å²) in [7, 11) is 3.38. The molecule has 0 spiro atoms. The van der Waals surface area contributed by atoms with Crippen LogP contribution < -0.4 is 14.8 Å². The van der Waals surface area contributed by atoms with Crippen LogP contribution in [-0.4, -0.2) is 14.2 Å². The van der Waals surface area contributed by atoms with Crippen molar-refractivity contribution in [2.45, 2.75) is 18.9 Å². The number of rotatable bonds is 6. The Morgan fingerprint density at radius 3 is 2.38 bits per heavy atom. The van der Waals surface area contributed by atoms with Crippen LogP contribution in [0.4, 0.5) is 5.69 Å². The van der Waals surface area contributed by atoms with Crippen LogP contribution in [0.25, 0.3) is 0 Å². The second-order valence-electron chi connectivity index (χ2n) is 5.44. The van der Waals surface area contributed by atoms with Crippen molar-refractivity contribution in [3.05, 3.63) is 54.1 Å². The van der Waals surface area contributed by atoms with Crippen molar-refractivity contribution in [3.63, 3.8) is 0 Å². The average molecular weight is 283 g/mol. The Hall–Kier alpha value is -2.16. The molecule has 1 N–H and O–H groups in total. The summed E-state index contributed by atoms with van der Waals surface area (Å²) in [6, 6.07) is 16.8. The lowest BCUT2D eigenvalue weighted by atomic mass is 10.0. The Balaban J connectivity index is 1.89. The first-order chi connectivity index (χ1) is 10.3. The van der Waals surface area contributed by atoms with Gasteiger partial charge in [0.2, 0.25) is 0 Å². The summed E-state index contributed by atoms with van der Waals surface area (Å²) >= 11 is 0. The molecule has 1 fully saturated rings. The number of anilines is 1. The lowest BCUT2D eigenvalue weighted by Crippen LogP contribution is -2.13. The maximum Gasteiger partial charge on any atom is 0.142 e. The summed E-state index contributed by atoms with van der Waals surface area (Å²) in [6.45, 7) is 0. The van der Waals surface area contributed by atoms with E-state index in [-0.39, 0.29) is 0 Å². The van der Waals surface area contributed by atoms with E-state index >= 15 is 0 Å². The van der Waals surface area contributed by atoms with E-state index in [1.165, 1.54) is 18.4 Å². The first-order valence-corrected chi connectivity index (χ1v) is 7.35. The van der Waals surface area contributed by atoms with Gasteiger partial charge in [-0.3, -0.25) is 0 Å². The topological polar surface area (TPSA) is 30.5 Å². The van der Waals surface area contributed by atoms with Gasteiger partial charge in [-0.05, 0) is 36.5 Å². The molecular weight excluding hydrogens is 262 g/mol. The van der Waals surface area contributed by atoms with Crippen LogP contribution in [-0.2, 0) is 0 Å². The molecule has 21 heavy (non-hydrogen) atoms. The van der Waals surface area contributed by atoms with Crippen molar-refractivity contribution in [1.29, 1.82) is 0 Å². The fourth-order valence-electron chi connectivity index (χ4n) is 2.66. The summed E-state index contributed by atoms with van der Waals surface area (Å²) in [4.78, 5) is 0. The Morgan fingerprint density at radius 1 is 1.00 bits per heavy atom. The molecule has 1 aliphatic rings. The van der Waals surface area contributed by atoms with E-state index in [1.807, 2.05) is 18.2 Å². The number of hydrogen-bond acceptors (Lipinski definition) is 3. The van der Waals surface area contributed by atoms with E-state index < -0.39 is 0 Å². The molecule has 0 heterocycles. The molecule has 0 aromatic heterocycles. The third kappa shape index (κ3) is 3.13. The number of hydrogen-bond donors (Lipinski definition) is 1. The first kappa shape index (κ1) is 13.8. The molecule has 0 radical (unpaired) electrons. The molecular formula is C18H21NO2. The van der Waals surface area contributed by atoms with E-state index in [1.54, 1.807) is 14.2 Å². The second kappa shape index (κ2) is 6.08. The zero-order chi connectivity index (χ0) is 14.7. The lowest BCUT2D eigenvalue weighted by molar-refractivity contribution is 0.404. The summed E-state index contributed by atoms with van der Waals surface area (Å²) in [6.07, 6.45) is 2.55. The van der Waals surface area contributed by atoms with Gasteiger partial charge in [0, 0.05) is 6.07 Å². The van der Waals surface area contributed by atoms with Crippen LogP contribution in [0, 0.1) is 5.92 Å². The van der Waals surface area contributed by atoms with E-state index in [4.69, 9.17) is 9.47 Å². The normalized spacial score (nSPS) is 15.3. The van der Waals surface area contributed by atoms with Gasteiger partial charge in [-0.1, -0.05) is 30.3 Å². The molecule has 1 saturated carbocycles. The molecule has 0 bridgehead atoms. The maximum absolute atomic E-state index is 5.46. The predicted octanol–water partition coefficient (Wildman–Crippen LogP) is 4.27. The average Bonchev–Trinajstić information content (AvgIpc) is 3.38. The van der Waals surface area contributed by atoms with Gasteiger partial charge in [0.1, 0.15) is 11.5 Å². The van der Waals surface area contributed by atoms with Gasteiger partial charge in [0.15, 0.2) is 0 Å². The summed E-state index contributed by atoms with van der Waals surface area (Å²) in [5, 5.41) is 3.65. The van der Waals surface area contributed by atoms with Crippen LogP contribution in [0.5, 0.6) is 11.5 Å². The van der Waals surface area contributed by atoms with Gasteiger partial charge >= 0.3 is 0 Å². The van der Waals surface area contributed by atoms with Crippen LogP contribution >= 0.6 is 0 Å². The van der Waals surface area contributed by atoms with E-state index in [9.17, 15) is 0 Å². The highest BCUT2D eigenvalue weighted by atomic mass is 16.5. The lowest BCUT2D eigenvalue weighted by Gasteiger charge is -2.22. The molecule has 1 unspecified atom stereocenters. The molecule has 3 heteroatoms. The zero-order valence-electron chi connectivity index (χ0n) is 12.5. The SMILES string of the molecule is COc1ccc(OC)c(NC(c2ccccc2)C2CC2)c1. The molecule has 110 valence electrons. The molecule has 3 nitrogen and oxygen atoms in total. The number of nitrogens with one attached hydrogen (secondary N) is 1. The molecule has 0 amide bonds. The van der Waals surface area contributed by atoms with Crippen molar-refractivity contribution in [2.75, 3.05) is 19.5 Å². The highest BCUT2D eigenvalue weighted by molar-refractivity contribution is 5.61. The van der Waals surface area contributed by atoms with Crippen molar-refractivity contribution < 1.29 is 9.47 Å². The highest BCUT2D eigenvalue weighted by Crippen LogP contribution is 2.44. The van der Waals surface area contributed by atoms with Crippen LogP contribution in [0.3, 0.4) is 0 Å². The molecule has 0 aliphatic heterocycles. The van der Waals surface area contributed by atoms with Crippen LogP contribution in [0.15, 0.2) is 48.5 Å². The van der Waals surface area contributed by atoms with Gasteiger partial charge < -0.3 is 14.8 Å². The maximum atomic E-state index is 5.46. The Kier molecular flexibility index (Phi) is 4.00. The summed E-state index contributed by atoms with van der Waals surface area (Å²) in [5.74, 6) is 2.38. The second-order valence-corrected chi connectivity index (χ2v) is 5.44. The third-order valence-corrected chi connectivity index (χ3v) is 3.97. The molecule has 0 saturated heterocycles. The zero-order valence-corrected chi connectivity index (χ0v) is 12.5. The molecule has 2 aromatic rings. The Bertz CT molecular complexity index is 593. The Morgan fingerprint density at radius 2 is 1.76 bits per heavy atom. The van der Waals surface area contributed by atoms with E-state index in [2.05, 4.69) is 35.6 Å². The van der Waals surface area contributed by atoms with Gasteiger partial charge in [-0.2, -0.15) is 0 Å². The fourth-order valence-corrected chi connectivity index (χ4v) is 2.66. The molecule has 3 rings (SSSR count). The first-order valence-electron chi connectivity index (χ1n) is 7.35. The summed E-state index contributed by atoms with van der Waals surface area (Å²) < 4.78 is 10.8. The van der Waals surface area contributed by atoms with Crippen molar-refractivity contribution in [2.24, 2.45) is 5.92 Å². The quantitative estimate of drug-likeness (QED) is 0.859. The van der Waals surface area contributed by atoms with Crippen LogP contribution in [0.2, 0.25) is 0 Å². The van der Waals surface area contributed by atoms with Crippen molar-refractivity contribution >= 4 is 5.69 Å².